The predicted molar refractivity (Wildman–Crippen MR) is 121 cm³/mol. The average Bonchev–Trinajstić information content (AvgIpc) is 3.19. The number of hydrogen-bond acceptors (Lipinski definition) is 5. The number of anilines is 1. The number of aromatic nitrogens is 2. The molecule has 0 saturated carbocycles. The molecule has 0 aliphatic heterocycles. The lowest BCUT2D eigenvalue weighted by Gasteiger charge is -2.20. The van der Waals surface area contributed by atoms with Gasteiger partial charge in [-0.2, -0.15) is 0 Å². The average molecular weight is 436 g/mol. The molecule has 0 unspecified atom stereocenters. The van der Waals surface area contributed by atoms with E-state index >= 15 is 0 Å². The molecule has 0 N–H and O–H groups in total. The minimum Gasteiger partial charge on any atom is -0.484 e. The number of rotatable bonds is 7. The zero-order valence-corrected chi connectivity index (χ0v) is 18.1. The van der Waals surface area contributed by atoms with E-state index < -0.39 is 0 Å². The van der Waals surface area contributed by atoms with Gasteiger partial charge in [0.25, 0.3) is 5.91 Å². The molecule has 2 aromatic heterocycles. The highest BCUT2D eigenvalue weighted by atomic mass is 32.1. The van der Waals surface area contributed by atoms with Gasteiger partial charge in [0.05, 0.1) is 22.5 Å². The third-order valence-corrected chi connectivity index (χ3v) is 5.87. The molecule has 4 rings (SSSR count). The van der Waals surface area contributed by atoms with Crippen LogP contribution < -0.4 is 9.64 Å². The highest BCUT2D eigenvalue weighted by molar-refractivity contribution is 7.22. The van der Waals surface area contributed by atoms with Crippen molar-refractivity contribution in [3.05, 3.63) is 83.9 Å². The van der Waals surface area contributed by atoms with Crippen LogP contribution in [0.25, 0.3) is 10.2 Å². The Kier molecular flexibility index (Phi) is 6.23. The van der Waals surface area contributed by atoms with Crippen LogP contribution in [0.2, 0.25) is 0 Å². The van der Waals surface area contributed by atoms with Crippen LogP contribution in [0.1, 0.15) is 31.0 Å². The van der Waals surface area contributed by atoms with Crippen LogP contribution >= 0.6 is 11.3 Å². The zero-order valence-electron chi connectivity index (χ0n) is 17.3. The Morgan fingerprint density at radius 3 is 2.65 bits per heavy atom. The molecule has 5 nitrogen and oxygen atoms in total. The molecule has 0 saturated heterocycles. The molecule has 1 amide bonds. The number of amides is 1. The second-order valence-corrected chi connectivity index (χ2v) is 8.43. The van der Waals surface area contributed by atoms with E-state index in [1.54, 1.807) is 12.3 Å². The number of carbonyl (C=O) groups excluding carboxylic acids is 1. The first-order valence-electron chi connectivity index (χ1n) is 9.99. The van der Waals surface area contributed by atoms with E-state index in [4.69, 9.17) is 4.74 Å². The lowest BCUT2D eigenvalue weighted by atomic mass is 10.0. The highest BCUT2D eigenvalue weighted by Gasteiger charge is 2.21. The largest absolute Gasteiger partial charge is 0.484 e. The Bertz CT molecular complexity index is 1180. The maximum Gasteiger partial charge on any atom is 0.267 e. The number of pyridine rings is 1. The molecular formula is C24H22FN3O2S. The summed E-state index contributed by atoms with van der Waals surface area (Å²) >= 11 is 1.26. The minimum atomic E-state index is -0.335. The molecule has 0 spiro atoms. The molecule has 0 bridgehead atoms. The molecule has 158 valence electrons. The van der Waals surface area contributed by atoms with Gasteiger partial charge in [-0.1, -0.05) is 43.4 Å². The first kappa shape index (κ1) is 20.9. The standard InChI is InChI=1S/C24H22FN3O2S/c1-16(2)17-6-9-20(10-7-17)30-15-23(29)28(14-19-5-3-4-12-26-19)24-27-21-11-8-18(25)13-22(21)31-24/h3-13,16H,14-15H2,1-2H3. The molecule has 0 radical (unpaired) electrons. The van der Waals surface area contributed by atoms with Gasteiger partial charge in [0.1, 0.15) is 11.6 Å². The summed E-state index contributed by atoms with van der Waals surface area (Å²) in [6, 6.07) is 17.7. The Balaban J connectivity index is 1.56. The van der Waals surface area contributed by atoms with E-state index in [0.717, 1.165) is 5.69 Å². The van der Waals surface area contributed by atoms with E-state index in [1.165, 1.54) is 33.9 Å². The quantitative estimate of drug-likeness (QED) is 0.381. The van der Waals surface area contributed by atoms with Gasteiger partial charge in [0.2, 0.25) is 0 Å². The van der Waals surface area contributed by atoms with Crippen molar-refractivity contribution in [1.29, 1.82) is 0 Å². The second-order valence-electron chi connectivity index (χ2n) is 7.42. The molecule has 2 aromatic carbocycles. The number of nitrogens with zero attached hydrogens (tertiary/aromatic N) is 3. The Morgan fingerprint density at radius 1 is 1.13 bits per heavy atom. The van der Waals surface area contributed by atoms with E-state index in [1.807, 2.05) is 42.5 Å². The summed E-state index contributed by atoms with van der Waals surface area (Å²) in [5, 5.41) is 0.481. The van der Waals surface area contributed by atoms with Crippen molar-refractivity contribution in [3.8, 4) is 5.75 Å². The fourth-order valence-corrected chi connectivity index (χ4v) is 4.10. The summed E-state index contributed by atoms with van der Waals surface area (Å²) in [5.74, 6) is 0.465. The van der Waals surface area contributed by atoms with Crippen LogP contribution in [0.5, 0.6) is 5.75 Å². The van der Waals surface area contributed by atoms with E-state index in [-0.39, 0.29) is 24.9 Å². The monoisotopic (exact) mass is 435 g/mol. The Labute approximate surface area is 184 Å². The first-order valence-corrected chi connectivity index (χ1v) is 10.8. The second kappa shape index (κ2) is 9.22. The van der Waals surface area contributed by atoms with E-state index in [9.17, 15) is 9.18 Å². The highest BCUT2D eigenvalue weighted by Crippen LogP contribution is 2.30. The van der Waals surface area contributed by atoms with Gasteiger partial charge in [-0.05, 0) is 53.9 Å². The summed E-state index contributed by atoms with van der Waals surface area (Å²) in [6.07, 6.45) is 1.68. The third-order valence-electron chi connectivity index (χ3n) is 4.83. The molecule has 0 atom stereocenters. The minimum absolute atomic E-state index is 0.141. The maximum atomic E-state index is 13.6. The number of hydrogen-bond donors (Lipinski definition) is 0. The van der Waals surface area contributed by atoms with Gasteiger partial charge in [-0.15, -0.1) is 0 Å². The summed E-state index contributed by atoms with van der Waals surface area (Å²) in [7, 11) is 0. The van der Waals surface area contributed by atoms with Gasteiger partial charge in [0.15, 0.2) is 11.7 Å². The van der Waals surface area contributed by atoms with Crippen molar-refractivity contribution in [2.75, 3.05) is 11.5 Å². The molecule has 2 heterocycles. The number of thiazole rings is 1. The van der Waals surface area contributed by atoms with E-state index in [0.29, 0.717) is 27.0 Å². The van der Waals surface area contributed by atoms with Crippen molar-refractivity contribution in [1.82, 2.24) is 9.97 Å². The van der Waals surface area contributed by atoms with Crippen molar-refractivity contribution in [2.45, 2.75) is 26.3 Å². The topological polar surface area (TPSA) is 55.3 Å². The van der Waals surface area contributed by atoms with Crippen LogP contribution in [0.3, 0.4) is 0 Å². The van der Waals surface area contributed by atoms with Gasteiger partial charge < -0.3 is 4.74 Å². The van der Waals surface area contributed by atoms with Crippen molar-refractivity contribution < 1.29 is 13.9 Å². The first-order chi connectivity index (χ1) is 15.0. The summed E-state index contributed by atoms with van der Waals surface area (Å²) in [5.41, 5.74) is 2.57. The molecular weight excluding hydrogens is 413 g/mol. The normalized spacial score (nSPS) is 11.1. The lowest BCUT2D eigenvalue weighted by Crippen LogP contribution is -2.34. The fourth-order valence-electron chi connectivity index (χ4n) is 3.09. The molecule has 31 heavy (non-hydrogen) atoms. The number of carbonyl (C=O) groups is 1. The smallest absolute Gasteiger partial charge is 0.267 e. The van der Waals surface area contributed by atoms with Gasteiger partial charge in [0, 0.05) is 6.20 Å². The van der Waals surface area contributed by atoms with Crippen LogP contribution in [0.4, 0.5) is 9.52 Å². The van der Waals surface area contributed by atoms with Gasteiger partial charge in [-0.25, -0.2) is 9.37 Å². The van der Waals surface area contributed by atoms with Crippen LogP contribution in [0, 0.1) is 5.82 Å². The van der Waals surface area contributed by atoms with Crippen molar-refractivity contribution in [2.24, 2.45) is 0 Å². The predicted octanol–water partition coefficient (Wildman–Crippen LogP) is 5.57. The zero-order chi connectivity index (χ0) is 21.8. The maximum absolute atomic E-state index is 13.6. The Hall–Kier alpha value is -3.32. The summed E-state index contributed by atoms with van der Waals surface area (Å²) in [6.45, 7) is 4.35. The van der Waals surface area contributed by atoms with Crippen molar-refractivity contribution >= 4 is 32.6 Å². The van der Waals surface area contributed by atoms with E-state index in [2.05, 4.69) is 23.8 Å². The summed E-state index contributed by atoms with van der Waals surface area (Å²) in [4.78, 5) is 23.5. The Morgan fingerprint density at radius 2 is 1.94 bits per heavy atom. The number of ether oxygens (including phenoxy) is 1. The van der Waals surface area contributed by atoms with Gasteiger partial charge >= 0.3 is 0 Å². The molecule has 7 heteroatoms. The molecule has 4 aromatic rings. The third kappa shape index (κ3) is 5.06. The molecule has 0 aliphatic carbocycles. The SMILES string of the molecule is CC(C)c1ccc(OCC(=O)N(Cc2ccccn2)c2nc3ccc(F)cc3s2)cc1. The number of fused-ring (bicyclic) bond motifs is 1. The molecule has 0 fully saturated rings. The fraction of sp³-hybridized carbons (Fsp3) is 0.208. The molecule has 0 aliphatic rings. The van der Waals surface area contributed by atoms with Gasteiger partial charge in [-0.3, -0.25) is 14.7 Å². The summed E-state index contributed by atoms with van der Waals surface area (Å²) < 4.78 is 20.0. The number of halogens is 1. The number of benzene rings is 2. The van der Waals surface area contributed by atoms with Crippen LogP contribution in [-0.2, 0) is 11.3 Å². The van der Waals surface area contributed by atoms with Crippen LogP contribution in [-0.4, -0.2) is 22.5 Å². The van der Waals surface area contributed by atoms with Crippen LogP contribution in [0.15, 0.2) is 66.9 Å². The lowest BCUT2D eigenvalue weighted by molar-refractivity contribution is -0.120. The van der Waals surface area contributed by atoms with Crippen molar-refractivity contribution in [3.63, 3.8) is 0 Å².